The minimum atomic E-state index is 0.0640. The predicted molar refractivity (Wildman–Crippen MR) is 235 cm³/mol. The van der Waals surface area contributed by atoms with E-state index in [2.05, 4.69) is 182 Å². The fraction of sp³-hybridized carbons (Fsp3) is 0.208. The van der Waals surface area contributed by atoms with E-state index in [1.165, 1.54) is 132 Å². The molecule has 0 fully saturated rings. The molecule has 1 aliphatic carbocycles. The monoisotopic (exact) mass is 712 g/mol. The van der Waals surface area contributed by atoms with Crippen molar-refractivity contribution < 1.29 is 0 Å². The van der Waals surface area contributed by atoms with Gasteiger partial charge < -0.3 is 9.13 Å². The normalized spacial score (nSPS) is 13.3. The molecule has 0 radical (unpaired) electrons. The van der Waals surface area contributed by atoms with Crippen molar-refractivity contribution in [2.75, 3.05) is 0 Å². The van der Waals surface area contributed by atoms with Gasteiger partial charge in [0.2, 0.25) is 0 Å². The zero-order valence-electron chi connectivity index (χ0n) is 32.5. The number of rotatable bonds is 9. The van der Waals surface area contributed by atoms with Gasteiger partial charge in [-0.15, -0.1) is 0 Å². The smallest absolute Gasteiger partial charge is 0.0547 e. The molecule has 0 spiro atoms. The lowest BCUT2D eigenvalue weighted by Crippen LogP contribution is -2.25. The third-order valence-electron chi connectivity index (χ3n) is 12.6. The summed E-state index contributed by atoms with van der Waals surface area (Å²) in [7, 11) is 0. The van der Waals surface area contributed by atoms with Crippen LogP contribution in [0.3, 0.4) is 0 Å². The van der Waals surface area contributed by atoms with Crippen LogP contribution >= 0.6 is 0 Å². The number of nitrogens with zero attached hydrogens (tertiary/aromatic N) is 2. The number of hydrogen-bond donors (Lipinski definition) is 0. The van der Waals surface area contributed by atoms with Gasteiger partial charge in [-0.25, -0.2) is 0 Å². The molecule has 2 aromatic heterocycles. The number of aromatic nitrogens is 2. The molecule has 9 aromatic rings. The quantitative estimate of drug-likeness (QED) is 0.141. The van der Waals surface area contributed by atoms with Crippen molar-refractivity contribution in [2.45, 2.75) is 71.6 Å². The Kier molecular flexibility index (Phi) is 8.06. The maximum absolute atomic E-state index is 2.56. The molecule has 0 saturated carbocycles. The summed E-state index contributed by atoms with van der Waals surface area (Å²) in [5.41, 5.74) is 18.5. The van der Waals surface area contributed by atoms with E-state index in [1.807, 2.05) is 0 Å². The molecule has 1 aliphatic rings. The molecule has 0 amide bonds. The van der Waals surface area contributed by atoms with E-state index >= 15 is 0 Å². The SMILES string of the molecule is CCCCC1(CCCC)c2cc(C)ccc2-c2ccc(-c3ccc4c5ccccc5n(-c5ccc(-n6c7ccccc7c7ccc(C)cc76)cc5)c4c3)cc21. The van der Waals surface area contributed by atoms with Gasteiger partial charge in [-0.05, 0) is 120 Å². The summed E-state index contributed by atoms with van der Waals surface area (Å²) in [4.78, 5) is 0. The number of hydrogen-bond acceptors (Lipinski definition) is 0. The van der Waals surface area contributed by atoms with Gasteiger partial charge >= 0.3 is 0 Å². The lowest BCUT2D eigenvalue weighted by molar-refractivity contribution is 0.414. The van der Waals surface area contributed by atoms with Gasteiger partial charge in [0.15, 0.2) is 0 Å². The summed E-state index contributed by atoms with van der Waals surface area (Å²) in [6.45, 7) is 9.11. The van der Waals surface area contributed by atoms with Crippen molar-refractivity contribution in [2.24, 2.45) is 0 Å². The zero-order valence-corrected chi connectivity index (χ0v) is 32.5. The van der Waals surface area contributed by atoms with Crippen LogP contribution in [0.25, 0.3) is 77.2 Å². The number of fused-ring (bicyclic) bond motifs is 9. The molecule has 0 bridgehead atoms. The summed E-state index contributed by atoms with van der Waals surface area (Å²) < 4.78 is 4.88. The summed E-state index contributed by atoms with van der Waals surface area (Å²) in [5.74, 6) is 0. The molecule has 270 valence electrons. The number of benzene rings is 7. The molecule has 2 nitrogen and oxygen atoms in total. The van der Waals surface area contributed by atoms with Gasteiger partial charge in [-0.2, -0.15) is 0 Å². The Morgan fingerprint density at radius 3 is 1.49 bits per heavy atom. The summed E-state index contributed by atoms with van der Waals surface area (Å²) >= 11 is 0. The molecular formula is C53H48N2. The van der Waals surface area contributed by atoms with Crippen LogP contribution < -0.4 is 0 Å². The van der Waals surface area contributed by atoms with Crippen LogP contribution in [0.4, 0.5) is 0 Å². The Balaban J connectivity index is 1.12. The molecule has 0 atom stereocenters. The van der Waals surface area contributed by atoms with Gasteiger partial charge in [0.1, 0.15) is 0 Å². The van der Waals surface area contributed by atoms with Crippen LogP contribution in [0.1, 0.15) is 74.6 Å². The molecule has 0 N–H and O–H groups in total. The van der Waals surface area contributed by atoms with Crippen LogP contribution in [0.5, 0.6) is 0 Å². The topological polar surface area (TPSA) is 9.86 Å². The van der Waals surface area contributed by atoms with Gasteiger partial charge in [-0.1, -0.05) is 136 Å². The van der Waals surface area contributed by atoms with Crippen molar-refractivity contribution in [1.82, 2.24) is 9.13 Å². The second kappa shape index (κ2) is 13.2. The Labute approximate surface area is 324 Å². The van der Waals surface area contributed by atoms with Crippen molar-refractivity contribution >= 4 is 43.6 Å². The highest BCUT2D eigenvalue weighted by Gasteiger charge is 2.42. The highest BCUT2D eigenvalue weighted by molar-refractivity contribution is 6.11. The molecule has 2 heteroatoms. The van der Waals surface area contributed by atoms with Crippen LogP contribution in [0, 0.1) is 13.8 Å². The first-order valence-corrected chi connectivity index (χ1v) is 20.4. The van der Waals surface area contributed by atoms with Crippen LogP contribution in [-0.4, -0.2) is 9.13 Å². The highest BCUT2D eigenvalue weighted by Crippen LogP contribution is 2.55. The molecule has 2 heterocycles. The summed E-state index contributed by atoms with van der Waals surface area (Å²) in [6.07, 6.45) is 7.31. The molecule has 7 aromatic carbocycles. The van der Waals surface area contributed by atoms with E-state index in [0.29, 0.717) is 0 Å². The first-order chi connectivity index (χ1) is 27.0. The lowest BCUT2D eigenvalue weighted by atomic mass is 9.70. The van der Waals surface area contributed by atoms with Crippen molar-refractivity contribution in [3.63, 3.8) is 0 Å². The summed E-state index contributed by atoms with van der Waals surface area (Å²) in [6, 6.07) is 55.3. The fourth-order valence-corrected chi connectivity index (χ4v) is 9.95. The van der Waals surface area contributed by atoms with Crippen LogP contribution in [0.2, 0.25) is 0 Å². The summed E-state index contributed by atoms with van der Waals surface area (Å²) in [5, 5.41) is 5.14. The van der Waals surface area contributed by atoms with E-state index in [0.717, 1.165) is 0 Å². The molecule has 0 saturated heterocycles. The van der Waals surface area contributed by atoms with E-state index < -0.39 is 0 Å². The Bertz CT molecular complexity index is 2910. The minimum absolute atomic E-state index is 0.0640. The lowest BCUT2D eigenvalue weighted by Gasteiger charge is -2.33. The van der Waals surface area contributed by atoms with Gasteiger partial charge in [0.05, 0.1) is 22.1 Å². The van der Waals surface area contributed by atoms with E-state index in [9.17, 15) is 0 Å². The van der Waals surface area contributed by atoms with Gasteiger partial charge in [-0.3, -0.25) is 0 Å². The third-order valence-corrected chi connectivity index (χ3v) is 12.6. The standard InChI is InChI=1S/C53H48N2/c1-5-7-29-53(30-8-6-2)47-31-35(3)17-25-41(47)42-27-19-37(33-48(42)53)38-20-28-46-44-14-10-12-16-50(44)55(52(46)34-38)40-23-21-39(22-24-40)54-49-15-11-9-13-43(49)45-26-18-36(4)32-51(45)54/h9-28,31-34H,5-8,29-30H2,1-4H3. The first-order valence-electron chi connectivity index (χ1n) is 20.4. The molecular weight excluding hydrogens is 665 g/mol. The third kappa shape index (κ3) is 5.22. The number of aryl methyl sites for hydroxylation is 2. The van der Waals surface area contributed by atoms with Crippen molar-refractivity contribution in [3.05, 3.63) is 168 Å². The fourth-order valence-electron chi connectivity index (χ4n) is 9.95. The van der Waals surface area contributed by atoms with Crippen LogP contribution in [-0.2, 0) is 5.41 Å². The highest BCUT2D eigenvalue weighted by atomic mass is 15.0. The maximum Gasteiger partial charge on any atom is 0.0547 e. The second-order valence-corrected chi connectivity index (χ2v) is 16.1. The predicted octanol–water partition coefficient (Wildman–Crippen LogP) is 14.8. The number of unbranched alkanes of at least 4 members (excludes halogenated alkanes) is 2. The van der Waals surface area contributed by atoms with Gasteiger partial charge in [0.25, 0.3) is 0 Å². The molecule has 0 unspecified atom stereocenters. The van der Waals surface area contributed by atoms with E-state index in [-0.39, 0.29) is 5.41 Å². The van der Waals surface area contributed by atoms with Crippen LogP contribution in [0.15, 0.2) is 146 Å². The van der Waals surface area contributed by atoms with Gasteiger partial charge in [0, 0.05) is 38.3 Å². The average molecular weight is 713 g/mol. The zero-order chi connectivity index (χ0) is 37.3. The maximum atomic E-state index is 2.56. The first kappa shape index (κ1) is 33.7. The van der Waals surface area contributed by atoms with Crippen molar-refractivity contribution in [1.29, 1.82) is 0 Å². The Morgan fingerprint density at radius 1 is 0.418 bits per heavy atom. The Morgan fingerprint density at radius 2 is 0.873 bits per heavy atom. The average Bonchev–Trinajstić information content (AvgIpc) is 3.82. The minimum Gasteiger partial charge on any atom is -0.309 e. The van der Waals surface area contributed by atoms with E-state index in [1.54, 1.807) is 5.56 Å². The Hall–Kier alpha value is -5.86. The van der Waals surface area contributed by atoms with Crippen molar-refractivity contribution in [3.8, 4) is 33.6 Å². The molecule has 55 heavy (non-hydrogen) atoms. The molecule has 0 aliphatic heterocycles. The largest absolute Gasteiger partial charge is 0.309 e. The second-order valence-electron chi connectivity index (χ2n) is 16.1. The number of para-hydroxylation sites is 2. The van der Waals surface area contributed by atoms with E-state index in [4.69, 9.17) is 0 Å². The molecule has 10 rings (SSSR count).